The predicted octanol–water partition coefficient (Wildman–Crippen LogP) is 4.34. The summed E-state index contributed by atoms with van der Waals surface area (Å²) in [6.07, 6.45) is -4.64. The molecule has 0 aliphatic heterocycles. The number of hydrogen-bond donors (Lipinski definition) is 1. The van der Waals surface area contributed by atoms with Gasteiger partial charge in [0.1, 0.15) is 5.51 Å². The number of halogens is 5. The number of sulfonamides is 1. The highest BCUT2D eigenvalue weighted by Gasteiger charge is 2.37. The van der Waals surface area contributed by atoms with Crippen LogP contribution in [0.1, 0.15) is 40.9 Å². The van der Waals surface area contributed by atoms with E-state index in [9.17, 15) is 35.2 Å². The molecule has 7 nitrogen and oxygen atoms in total. The van der Waals surface area contributed by atoms with Crippen molar-refractivity contribution in [2.45, 2.75) is 49.8 Å². The van der Waals surface area contributed by atoms with E-state index in [1.165, 1.54) is 17.6 Å². The lowest BCUT2D eigenvalue weighted by atomic mass is 10.1. The minimum absolute atomic E-state index is 0.00739. The van der Waals surface area contributed by atoms with Crippen LogP contribution in [0.4, 0.5) is 27.1 Å². The molecule has 1 unspecified atom stereocenters. The van der Waals surface area contributed by atoms with E-state index in [4.69, 9.17) is 0 Å². The Bertz CT molecular complexity index is 1410. The molecule has 192 valence electrons. The van der Waals surface area contributed by atoms with Crippen LogP contribution < -0.4 is 9.62 Å². The summed E-state index contributed by atoms with van der Waals surface area (Å²) >= 11 is 1.07. The summed E-state index contributed by atoms with van der Waals surface area (Å²) in [5.74, 6) is -5.12. The van der Waals surface area contributed by atoms with Gasteiger partial charge >= 0.3 is 6.18 Å². The second kappa shape index (κ2) is 9.39. The monoisotopic (exact) mass is 546 g/mol. The Morgan fingerprint density at radius 3 is 2.42 bits per heavy atom. The molecule has 4 rings (SSSR count). The number of anilines is 1. The van der Waals surface area contributed by atoms with Crippen LogP contribution in [0.25, 0.3) is 0 Å². The van der Waals surface area contributed by atoms with Crippen LogP contribution in [-0.2, 0) is 29.0 Å². The number of alkyl halides is 3. The SMILES string of the molecule is CC(C)N(c1nncs1)S(=O)(=O)c1ccc2c(c1)CC(NC(=O)c1ccc(C(F)(F)F)c(F)c1F)C2. The molecule has 0 fully saturated rings. The molecular formula is C22H19F5N4O3S2. The standard InChI is InChI=1S/C22H19F5N4O3S2/c1-11(2)31(21-30-28-10-35-21)36(33,34)15-4-3-12-7-14(8-13(12)9-15)29-20(32)16-5-6-17(22(25,26)27)19(24)18(16)23/h3-6,9-11,14H,7-8H2,1-2H3,(H,29,32). The maximum atomic E-state index is 14.2. The zero-order valence-corrected chi connectivity index (χ0v) is 20.4. The third-order valence-corrected chi connectivity index (χ3v) is 8.41. The van der Waals surface area contributed by atoms with E-state index in [0.717, 1.165) is 21.2 Å². The second-order valence-electron chi connectivity index (χ2n) is 8.41. The molecule has 0 saturated heterocycles. The molecule has 1 amide bonds. The molecule has 0 bridgehead atoms. The summed E-state index contributed by atoms with van der Waals surface area (Å²) in [4.78, 5) is 12.5. The van der Waals surface area contributed by atoms with E-state index in [1.54, 1.807) is 19.9 Å². The van der Waals surface area contributed by atoms with E-state index in [0.29, 0.717) is 17.7 Å². The Morgan fingerprint density at radius 1 is 1.11 bits per heavy atom. The summed E-state index contributed by atoms with van der Waals surface area (Å²) in [6, 6.07) is 4.36. The van der Waals surface area contributed by atoms with Gasteiger partial charge in [0.2, 0.25) is 5.13 Å². The fourth-order valence-corrected chi connectivity index (χ4v) is 6.62. The highest BCUT2D eigenvalue weighted by atomic mass is 32.2. The van der Waals surface area contributed by atoms with Gasteiger partial charge in [0, 0.05) is 12.1 Å². The Hall–Kier alpha value is -3.13. The van der Waals surface area contributed by atoms with Crippen LogP contribution in [-0.4, -0.2) is 36.6 Å². The van der Waals surface area contributed by atoms with E-state index >= 15 is 0 Å². The lowest BCUT2D eigenvalue weighted by molar-refractivity contribution is -0.140. The van der Waals surface area contributed by atoms with Crippen LogP contribution >= 0.6 is 11.3 Å². The van der Waals surface area contributed by atoms with Gasteiger partial charge in [0.25, 0.3) is 15.9 Å². The number of fused-ring (bicyclic) bond motifs is 1. The highest BCUT2D eigenvalue weighted by molar-refractivity contribution is 7.93. The molecular weight excluding hydrogens is 527 g/mol. The molecule has 0 spiro atoms. The van der Waals surface area contributed by atoms with Crippen LogP contribution in [0.5, 0.6) is 0 Å². The molecule has 0 radical (unpaired) electrons. The van der Waals surface area contributed by atoms with Crippen LogP contribution in [0.3, 0.4) is 0 Å². The first-order valence-corrected chi connectivity index (χ1v) is 12.9. The Kier molecular flexibility index (Phi) is 6.77. The van der Waals surface area contributed by atoms with Gasteiger partial charge in [-0.15, -0.1) is 10.2 Å². The highest BCUT2D eigenvalue weighted by Crippen LogP contribution is 2.34. The van der Waals surface area contributed by atoms with Crippen LogP contribution in [0.2, 0.25) is 0 Å². The predicted molar refractivity (Wildman–Crippen MR) is 121 cm³/mol. The van der Waals surface area contributed by atoms with Gasteiger partial charge in [0.15, 0.2) is 11.6 Å². The van der Waals surface area contributed by atoms with E-state index in [1.807, 2.05) is 0 Å². The number of rotatable bonds is 6. The van der Waals surface area contributed by atoms with Gasteiger partial charge in [-0.3, -0.25) is 4.79 Å². The van der Waals surface area contributed by atoms with Crippen molar-refractivity contribution >= 4 is 32.4 Å². The molecule has 3 aromatic rings. The largest absolute Gasteiger partial charge is 0.419 e. The number of amides is 1. The molecule has 36 heavy (non-hydrogen) atoms. The number of carbonyl (C=O) groups is 1. The molecule has 1 aliphatic rings. The molecule has 0 saturated carbocycles. The lowest BCUT2D eigenvalue weighted by Gasteiger charge is -2.25. The third-order valence-electron chi connectivity index (χ3n) is 5.64. The van der Waals surface area contributed by atoms with Gasteiger partial charge in [-0.25, -0.2) is 21.5 Å². The number of nitrogens with zero attached hydrogens (tertiary/aromatic N) is 3. The fourth-order valence-electron chi connectivity index (χ4n) is 4.04. The molecule has 1 heterocycles. The normalized spacial score (nSPS) is 15.7. The zero-order valence-electron chi connectivity index (χ0n) is 18.8. The average molecular weight is 547 g/mol. The second-order valence-corrected chi connectivity index (χ2v) is 11.0. The molecule has 14 heteroatoms. The quantitative estimate of drug-likeness (QED) is 0.465. The first-order valence-electron chi connectivity index (χ1n) is 10.6. The summed E-state index contributed by atoms with van der Waals surface area (Å²) < 4.78 is 94.2. The smallest absolute Gasteiger partial charge is 0.349 e. The van der Waals surface area contributed by atoms with Crippen LogP contribution in [0, 0.1) is 11.6 Å². The van der Waals surface area contributed by atoms with Gasteiger partial charge in [-0.05, 0) is 62.1 Å². The van der Waals surface area contributed by atoms with Gasteiger partial charge < -0.3 is 5.32 Å². The number of hydrogen-bond acceptors (Lipinski definition) is 6. The zero-order chi connectivity index (χ0) is 26.4. The van der Waals surface area contributed by atoms with Gasteiger partial charge in [-0.2, -0.15) is 13.2 Å². The van der Waals surface area contributed by atoms with Gasteiger partial charge in [0.05, 0.1) is 16.0 Å². The summed E-state index contributed by atoms with van der Waals surface area (Å²) in [5, 5.41) is 10.2. The fraction of sp³-hybridized carbons (Fsp3) is 0.318. The Labute approximate surface area is 207 Å². The van der Waals surface area contributed by atoms with Crippen molar-refractivity contribution in [2.24, 2.45) is 0 Å². The molecule has 1 atom stereocenters. The van der Waals surface area contributed by atoms with E-state index in [-0.39, 0.29) is 22.9 Å². The summed E-state index contributed by atoms with van der Waals surface area (Å²) in [6.45, 7) is 3.39. The minimum Gasteiger partial charge on any atom is -0.349 e. The van der Waals surface area contributed by atoms with Crippen molar-refractivity contribution in [1.29, 1.82) is 0 Å². The van der Waals surface area contributed by atoms with Crippen molar-refractivity contribution in [1.82, 2.24) is 15.5 Å². The Balaban J connectivity index is 1.53. The lowest BCUT2D eigenvalue weighted by Crippen LogP contribution is -2.37. The van der Waals surface area contributed by atoms with Crippen molar-refractivity contribution in [2.75, 3.05) is 4.31 Å². The molecule has 2 aromatic carbocycles. The number of carbonyl (C=O) groups excluding carboxylic acids is 1. The van der Waals surface area contributed by atoms with Crippen molar-refractivity contribution < 1.29 is 35.2 Å². The topological polar surface area (TPSA) is 92.3 Å². The maximum absolute atomic E-state index is 14.2. The third kappa shape index (κ3) is 4.78. The molecule has 1 N–H and O–H groups in total. The summed E-state index contributed by atoms with van der Waals surface area (Å²) in [7, 11) is -3.98. The first kappa shape index (κ1) is 25.9. The van der Waals surface area contributed by atoms with Crippen molar-refractivity contribution in [3.05, 3.63) is 69.7 Å². The number of aromatic nitrogens is 2. The molecule has 1 aliphatic carbocycles. The van der Waals surface area contributed by atoms with Crippen molar-refractivity contribution in [3.8, 4) is 0 Å². The first-order chi connectivity index (χ1) is 16.8. The Morgan fingerprint density at radius 2 is 1.81 bits per heavy atom. The molecule has 1 aromatic heterocycles. The van der Waals surface area contributed by atoms with E-state index < -0.39 is 57.0 Å². The van der Waals surface area contributed by atoms with Crippen LogP contribution in [0.15, 0.2) is 40.7 Å². The maximum Gasteiger partial charge on any atom is 0.419 e. The summed E-state index contributed by atoms with van der Waals surface area (Å²) in [5.41, 5.74) is 0.125. The van der Waals surface area contributed by atoms with Gasteiger partial charge in [-0.1, -0.05) is 17.4 Å². The van der Waals surface area contributed by atoms with E-state index in [2.05, 4.69) is 15.5 Å². The number of benzene rings is 2. The average Bonchev–Trinajstić information content (AvgIpc) is 3.43. The number of nitrogens with one attached hydrogen (secondary N) is 1. The minimum atomic E-state index is -5.10. The van der Waals surface area contributed by atoms with Crippen molar-refractivity contribution in [3.63, 3.8) is 0 Å².